The summed E-state index contributed by atoms with van der Waals surface area (Å²) in [5.74, 6) is 0.941. The van der Waals surface area contributed by atoms with Crippen LogP contribution < -0.4 is 0 Å². The maximum absolute atomic E-state index is 9.35. The molecule has 0 saturated heterocycles. The summed E-state index contributed by atoms with van der Waals surface area (Å²) in [6.45, 7) is 20.0. The smallest absolute Gasteiger partial charge is 0.0449 e. The molecule has 4 rings (SSSR count). The van der Waals surface area contributed by atoms with Crippen LogP contribution in [0.3, 0.4) is 0 Å². The van der Waals surface area contributed by atoms with Crippen LogP contribution in [0.5, 0.6) is 0 Å². The molecule has 170 valence electrons. The van der Waals surface area contributed by atoms with Crippen LogP contribution in [0.1, 0.15) is 101 Å². The number of aryl methyl sites for hydroxylation is 1. The Labute approximate surface area is 195 Å². The monoisotopic (exact) mass is 427 g/mol. The summed E-state index contributed by atoms with van der Waals surface area (Å²) >= 11 is 0. The minimum atomic E-state index is -0.188. The average molecular weight is 428 g/mol. The molecule has 1 aromatic rings. The van der Waals surface area contributed by atoms with E-state index in [-0.39, 0.29) is 5.41 Å². The maximum atomic E-state index is 9.35. The van der Waals surface area contributed by atoms with E-state index in [4.69, 9.17) is 0 Å². The zero-order valence-electron chi connectivity index (χ0n) is 21.0. The highest BCUT2D eigenvalue weighted by molar-refractivity contribution is 6.08. The first-order valence-corrected chi connectivity index (χ1v) is 12.7. The molecular weight excluding hydrogens is 386 g/mol. The van der Waals surface area contributed by atoms with Crippen LogP contribution in [0.25, 0.3) is 0 Å². The van der Waals surface area contributed by atoms with Crippen molar-refractivity contribution >= 4 is 5.71 Å². The van der Waals surface area contributed by atoms with Crippen LogP contribution in [-0.4, -0.2) is 5.71 Å². The molecule has 3 unspecified atom stereocenters. The number of benzene rings is 1. The Morgan fingerprint density at radius 2 is 1.94 bits per heavy atom. The Morgan fingerprint density at radius 3 is 2.62 bits per heavy atom. The summed E-state index contributed by atoms with van der Waals surface area (Å²) in [5, 5.41) is 9.35. The van der Waals surface area contributed by atoms with Gasteiger partial charge >= 0.3 is 0 Å². The van der Waals surface area contributed by atoms with Crippen molar-refractivity contribution in [1.82, 2.24) is 0 Å². The summed E-state index contributed by atoms with van der Waals surface area (Å²) in [6, 6.07) is 4.74. The second-order valence-corrected chi connectivity index (χ2v) is 10.8. The molecule has 0 bridgehead atoms. The van der Waals surface area contributed by atoms with Crippen LogP contribution in [-0.2, 0) is 18.3 Å². The molecule has 0 spiro atoms. The van der Waals surface area contributed by atoms with Crippen molar-refractivity contribution in [3.8, 4) is 0 Å². The number of nitrogens with one attached hydrogen (secondary N) is 1. The summed E-state index contributed by atoms with van der Waals surface area (Å²) in [4.78, 5) is 0. The van der Waals surface area contributed by atoms with Crippen LogP contribution >= 0.6 is 0 Å². The molecule has 3 aliphatic carbocycles. The summed E-state index contributed by atoms with van der Waals surface area (Å²) in [7, 11) is 0. The van der Waals surface area contributed by atoms with Gasteiger partial charge in [-0.3, -0.25) is 0 Å². The first-order chi connectivity index (χ1) is 15.2. The molecule has 1 fully saturated rings. The zero-order chi connectivity index (χ0) is 23.2. The largest absolute Gasteiger partial charge is 0.304 e. The molecule has 3 aliphatic rings. The number of hydrogen-bond donors (Lipinski definition) is 1. The fourth-order valence-corrected chi connectivity index (χ4v) is 6.50. The van der Waals surface area contributed by atoms with E-state index in [1.807, 2.05) is 0 Å². The van der Waals surface area contributed by atoms with Gasteiger partial charge in [-0.25, -0.2) is 0 Å². The molecule has 0 heterocycles. The second kappa shape index (κ2) is 8.65. The van der Waals surface area contributed by atoms with Gasteiger partial charge in [0.15, 0.2) is 0 Å². The minimum absolute atomic E-state index is 0.188. The van der Waals surface area contributed by atoms with E-state index in [9.17, 15) is 5.41 Å². The van der Waals surface area contributed by atoms with E-state index in [0.717, 1.165) is 37.8 Å². The average Bonchev–Trinajstić information content (AvgIpc) is 3.05. The maximum Gasteiger partial charge on any atom is 0.0449 e. The first kappa shape index (κ1) is 23.0. The lowest BCUT2D eigenvalue weighted by atomic mass is 9.69. The highest BCUT2D eigenvalue weighted by atomic mass is 14.6. The van der Waals surface area contributed by atoms with Crippen molar-refractivity contribution in [3.05, 3.63) is 81.5 Å². The van der Waals surface area contributed by atoms with Crippen molar-refractivity contribution in [3.63, 3.8) is 0 Å². The number of allylic oxidation sites excluding steroid dienone is 6. The van der Waals surface area contributed by atoms with Crippen molar-refractivity contribution in [2.45, 2.75) is 97.3 Å². The predicted octanol–water partition coefficient (Wildman–Crippen LogP) is 8.55. The minimum Gasteiger partial charge on any atom is -0.304 e. The van der Waals surface area contributed by atoms with Crippen molar-refractivity contribution in [2.75, 3.05) is 0 Å². The molecule has 1 aromatic carbocycles. The zero-order valence-corrected chi connectivity index (χ0v) is 21.0. The van der Waals surface area contributed by atoms with Crippen molar-refractivity contribution < 1.29 is 0 Å². The molecule has 1 N–H and O–H groups in total. The van der Waals surface area contributed by atoms with E-state index in [0.29, 0.717) is 11.8 Å². The van der Waals surface area contributed by atoms with Gasteiger partial charge in [-0.1, -0.05) is 63.3 Å². The van der Waals surface area contributed by atoms with Gasteiger partial charge in [0, 0.05) is 17.0 Å². The fraction of sp³-hybridized carbons (Fsp3) is 0.516. The molecule has 1 heteroatoms. The van der Waals surface area contributed by atoms with Gasteiger partial charge in [-0.05, 0) is 110 Å². The lowest BCUT2D eigenvalue weighted by Gasteiger charge is -2.35. The molecule has 1 saturated carbocycles. The van der Waals surface area contributed by atoms with E-state index in [2.05, 4.69) is 66.0 Å². The number of rotatable bonds is 4. The number of hydrogen-bond acceptors (Lipinski definition) is 1. The fourth-order valence-electron chi connectivity index (χ4n) is 6.50. The molecule has 1 nitrogen and oxygen atoms in total. The Bertz CT molecular complexity index is 1050. The summed E-state index contributed by atoms with van der Waals surface area (Å²) < 4.78 is 0. The third kappa shape index (κ3) is 3.68. The molecule has 0 aliphatic heterocycles. The Balaban J connectivity index is 1.78. The van der Waals surface area contributed by atoms with Gasteiger partial charge in [0.1, 0.15) is 0 Å². The quantitative estimate of drug-likeness (QED) is 0.465. The first-order valence-electron chi connectivity index (χ1n) is 12.7. The van der Waals surface area contributed by atoms with Gasteiger partial charge in [-0.15, -0.1) is 0 Å². The van der Waals surface area contributed by atoms with Crippen LogP contribution in [0.4, 0.5) is 0 Å². The van der Waals surface area contributed by atoms with Crippen LogP contribution in [0.2, 0.25) is 0 Å². The third-order valence-electron chi connectivity index (χ3n) is 8.72. The van der Waals surface area contributed by atoms with E-state index in [1.54, 1.807) is 11.1 Å². The standard InChI is InChI=1S/C31H41N/c1-8-23-13-15-28(29-21(5)10-9-11-26(23)29)31(7)17-16-24(30(31)32)18-27-22(6)20(4)12-14-25(27)19(2)3/h13,15,18,21-22,32H,2,4,8-12,14,16-17H2,1,3,5-7H3/b24-18+,32-30?. The SMILES string of the molecule is C=C(C)C1=C(/C=C2\CCC(C)(c3ccc(CC)c4c3C(C)CCC4)C2=N)C(C)C(=C)CC1. The summed E-state index contributed by atoms with van der Waals surface area (Å²) in [5.41, 5.74) is 13.2. The Morgan fingerprint density at radius 1 is 1.19 bits per heavy atom. The molecule has 0 radical (unpaired) electrons. The topological polar surface area (TPSA) is 23.9 Å². The highest BCUT2D eigenvalue weighted by Gasteiger charge is 2.42. The normalized spacial score (nSPS) is 29.6. The van der Waals surface area contributed by atoms with Gasteiger partial charge < -0.3 is 5.41 Å². The van der Waals surface area contributed by atoms with Crippen LogP contribution in [0, 0.1) is 11.3 Å². The lowest BCUT2D eigenvalue weighted by molar-refractivity contribution is 0.549. The van der Waals surface area contributed by atoms with E-state index < -0.39 is 0 Å². The molecule has 32 heavy (non-hydrogen) atoms. The lowest BCUT2D eigenvalue weighted by Crippen LogP contribution is -2.30. The molecular formula is C31H41N. The highest BCUT2D eigenvalue weighted by Crippen LogP contribution is 2.48. The Kier molecular flexibility index (Phi) is 6.23. The van der Waals surface area contributed by atoms with Crippen molar-refractivity contribution in [1.29, 1.82) is 5.41 Å². The second-order valence-electron chi connectivity index (χ2n) is 10.8. The number of fused-ring (bicyclic) bond motifs is 1. The van der Waals surface area contributed by atoms with Crippen molar-refractivity contribution in [2.24, 2.45) is 5.92 Å². The predicted molar refractivity (Wildman–Crippen MR) is 139 cm³/mol. The van der Waals surface area contributed by atoms with Gasteiger partial charge in [0.2, 0.25) is 0 Å². The molecule has 0 aromatic heterocycles. The van der Waals surface area contributed by atoms with Crippen LogP contribution in [0.15, 0.2) is 59.2 Å². The van der Waals surface area contributed by atoms with Gasteiger partial charge in [0.05, 0.1) is 0 Å². The summed E-state index contributed by atoms with van der Waals surface area (Å²) in [6.07, 6.45) is 11.3. The molecule has 3 atom stereocenters. The third-order valence-corrected chi connectivity index (χ3v) is 8.72. The van der Waals surface area contributed by atoms with E-state index in [1.165, 1.54) is 58.3 Å². The molecule has 0 amide bonds. The van der Waals surface area contributed by atoms with Gasteiger partial charge in [0.25, 0.3) is 0 Å². The Hall–Kier alpha value is -2.15. The van der Waals surface area contributed by atoms with E-state index >= 15 is 0 Å². The van der Waals surface area contributed by atoms with Gasteiger partial charge in [-0.2, -0.15) is 0 Å².